The van der Waals surface area contributed by atoms with Crippen LogP contribution in [0.15, 0.2) is 18.2 Å². The largest absolute Gasteiger partial charge is 0.495 e. The molecule has 0 saturated heterocycles. The number of rotatable bonds is 6. The number of aliphatic hydroxyl groups excluding tert-OH is 1. The van der Waals surface area contributed by atoms with E-state index in [0.29, 0.717) is 17.2 Å². The van der Waals surface area contributed by atoms with E-state index >= 15 is 0 Å². The van der Waals surface area contributed by atoms with Gasteiger partial charge in [-0.25, -0.2) is 0 Å². The van der Waals surface area contributed by atoms with E-state index in [1.807, 2.05) is 25.1 Å². The number of nitrogens with two attached hydrogens (primary N) is 1. The zero-order valence-corrected chi connectivity index (χ0v) is 11.1. The molecular formula is C13H20ClNO2. The highest BCUT2D eigenvalue weighted by Gasteiger charge is 2.19. The minimum absolute atomic E-state index is 0.0339. The van der Waals surface area contributed by atoms with E-state index in [1.54, 1.807) is 7.11 Å². The lowest BCUT2D eigenvalue weighted by Crippen LogP contribution is -2.28. The molecule has 3 nitrogen and oxygen atoms in total. The summed E-state index contributed by atoms with van der Waals surface area (Å²) < 4.78 is 5.11. The normalized spacial score (nSPS) is 14.4. The van der Waals surface area contributed by atoms with Crippen molar-refractivity contribution in [1.29, 1.82) is 0 Å². The summed E-state index contributed by atoms with van der Waals surface area (Å²) in [6, 6.07) is 5.70. The van der Waals surface area contributed by atoms with Crippen LogP contribution in [0.4, 0.5) is 0 Å². The molecule has 0 saturated carbocycles. The summed E-state index contributed by atoms with van der Waals surface area (Å²) in [5, 5.41) is 9.68. The van der Waals surface area contributed by atoms with Gasteiger partial charge in [-0.3, -0.25) is 0 Å². The molecular weight excluding hydrogens is 238 g/mol. The van der Waals surface area contributed by atoms with Crippen molar-refractivity contribution in [2.45, 2.75) is 31.7 Å². The van der Waals surface area contributed by atoms with E-state index in [4.69, 9.17) is 27.2 Å². The summed E-state index contributed by atoms with van der Waals surface area (Å²) in [6.07, 6.45) is 1.52. The molecule has 0 heterocycles. The molecule has 1 aromatic rings. The Hall–Kier alpha value is -0.770. The second-order valence-electron chi connectivity index (χ2n) is 4.08. The van der Waals surface area contributed by atoms with Gasteiger partial charge in [0.05, 0.1) is 12.1 Å². The maximum atomic E-state index is 9.10. The van der Waals surface area contributed by atoms with Gasteiger partial charge >= 0.3 is 0 Å². The lowest BCUT2D eigenvalue weighted by Gasteiger charge is -2.23. The molecule has 0 aliphatic carbocycles. The van der Waals surface area contributed by atoms with Crippen molar-refractivity contribution >= 4 is 11.6 Å². The molecule has 4 heteroatoms. The van der Waals surface area contributed by atoms with Crippen molar-refractivity contribution in [2.75, 3.05) is 13.7 Å². The highest BCUT2D eigenvalue weighted by Crippen LogP contribution is 2.31. The minimum Gasteiger partial charge on any atom is -0.495 e. The molecule has 96 valence electrons. The Morgan fingerprint density at radius 2 is 2.18 bits per heavy atom. The molecule has 0 spiro atoms. The lowest BCUT2D eigenvalue weighted by molar-refractivity contribution is 0.266. The summed E-state index contributed by atoms with van der Waals surface area (Å²) in [5.74, 6) is 0.789. The summed E-state index contributed by atoms with van der Waals surface area (Å²) >= 11 is 6.09. The summed E-state index contributed by atoms with van der Waals surface area (Å²) in [6.45, 7) is 2.17. The van der Waals surface area contributed by atoms with Crippen LogP contribution in [0.25, 0.3) is 0 Å². The molecule has 0 aliphatic heterocycles. The van der Waals surface area contributed by atoms with Gasteiger partial charge in [-0.1, -0.05) is 24.6 Å². The monoisotopic (exact) mass is 257 g/mol. The maximum absolute atomic E-state index is 9.10. The van der Waals surface area contributed by atoms with Crippen molar-refractivity contribution in [3.63, 3.8) is 0 Å². The van der Waals surface area contributed by atoms with Crippen molar-refractivity contribution in [3.05, 3.63) is 28.8 Å². The van der Waals surface area contributed by atoms with Crippen molar-refractivity contribution in [2.24, 2.45) is 5.73 Å². The third-order valence-corrected chi connectivity index (χ3v) is 3.33. The second-order valence-corrected chi connectivity index (χ2v) is 4.49. The van der Waals surface area contributed by atoms with E-state index in [2.05, 4.69) is 0 Å². The average molecular weight is 258 g/mol. The predicted octanol–water partition coefficient (Wildman–Crippen LogP) is 2.55. The number of hydrogen-bond donors (Lipinski definition) is 2. The van der Waals surface area contributed by atoms with E-state index in [1.165, 1.54) is 0 Å². The van der Waals surface area contributed by atoms with Crippen molar-refractivity contribution < 1.29 is 9.84 Å². The lowest BCUT2D eigenvalue weighted by atomic mass is 9.88. The second kappa shape index (κ2) is 6.84. The molecule has 0 amide bonds. The number of hydrogen-bond acceptors (Lipinski definition) is 3. The highest BCUT2D eigenvalue weighted by molar-refractivity contribution is 6.32. The smallest absolute Gasteiger partial charge is 0.137 e. The van der Waals surface area contributed by atoms with Gasteiger partial charge in [-0.05, 0) is 30.5 Å². The van der Waals surface area contributed by atoms with Crippen molar-refractivity contribution in [1.82, 2.24) is 0 Å². The van der Waals surface area contributed by atoms with E-state index in [-0.39, 0.29) is 18.6 Å². The molecule has 0 radical (unpaired) electrons. The summed E-state index contributed by atoms with van der Waals surface area (Å²) in [7, 11) is 1.59. The minimum atomic E-state index is 0.0339. The first-order valence-electron chi connectivity index (χ1n) is 5.83. The van der Waals surface area contributed by atoms with Crippen molar-refractivity contribution in [3.8, 4) is 5.75 Å². The van der Waals surface area contributed by atoms with Gasteiger partial charge in [-0.2, -0.15) is 0 Å². The number of benzene rings is 1. The molecule has 0 fully saturated rings. The molecule has 0 aliphatic rings. The van der Waals surface area contributed by atoms with Crippen LogP contribution in [0.1, 0.15) is 31.2 Å². The molecule has 3 N–H and O–H groups in total. The Morgan fingerprint density at radius 3 is 2.65 bits per heavy atom. The molecule has 2 unspecified atom stereocenters. The molecule has 17 heavy (non-hydrogen) atoms. The number of aliphatic hydroxyl groups is 1. The van der Waals surface area contributed by atoms with Gasteiger partial charge in [0.25, 0.3) is 0 Å². The fraction of sp³-hybridized carbons (Fsp3) is 0.538. The molecule has 0 bridgehead atoms. The van der Waals surface area contributed by atoms with Crippen LogP contribution in [0.5, 0.6) is 5.75 Å². The highest BCUT2D eigenvalue weighted by atomic mass is 35.5. The maximum Gasteiger partial charge on any atom is 0.137 e. The number of methoxy groups -OCH3 is 1. The molecule has 1 rings (SSSR count). The number of ether oxygens (including phenoxy) is 1. The van der Waals surface area contributed by atoms with Crippen LogP contribution < -0.4 is 10.5 Å². The fourth-order valence-electron chi connectivity index (χ4n) is 1.96. The third-order valence-electron chi connectivity index (χ3n) is 3.03. The molecule has 2 atom stereocenters. The molecule has 1 aromatic carbocycles. The van der Waals surface area contributed by atoms with E-state index in [9.17, 15) is 0 Å². The Labute approximate surface area is 108 Å². The first-order valence-corrected chi connectivity index (χ1v) is 6.21. The zero-order chi connectivity index (χ0) is 12.8. The average Bonchev–Trinajstić information content (AvgIpc) is 2.35. The Bertz CT molecular complexity index is 357. The SMILES string of the molecule is CCC(N)C(CCO)c1ccc(OC)c(Cl)c1. The van der Waals surface area contributed by atoms with Crippen LogP contribution in [-0.4, -0.2) is 24.9 Å². The van der Waals surface area contributed by atoms with Crippen LogP contribution in [0.2, 0.25) is 5.02 Å². The summed E-state index contributed by atoms with van der Waals surface area (Å²) in [5.41, 5.74) is 7.13. The summed E-state index contributed by atoms with van der Waals surface area (Å²) in [4.78, 5) is 0. The zero-order valence-electron chi connectivity index (χ0n) is 10.3. The topological polar surface area (TPSA) is 55.5 Å². The van der Waals surface area contributed by atoms with Crippen LogP contribution >= 0.6 is 11.6 Å². The standard InChI is InChI=1S/C13H20ClNO2/c1-3-12(15)10(6-7-16)9-4-5-13(17-2)11(14)8-9/h4-5,8,10,12,16H,3,6-7,15H2,1-2H3. The Balaban J connectivity index is 2.98. The van der Waals surface area contributed by atoms with Gasteiger partial charge in [0.15, 0.2) is 0 Å². The van der Waals surface area contributed by atoms with E-state index in [0.717, 1.165) is 12.0 Å². The van der Waals surface area contributed by atoms with E-state index < -0.39 is 0 Å². The third kappa shape index (κ3) is 3.60. The van der Waals surface area contributed by atoms with Gasteiger partial charge in [0.1, 0.15) is 5.75 Å². The van der Waals surface area contributed by atoms with Gasteiger partial charge in [0, 0.05) is 18.6 Å². The first-order chi connectivity index (χ1) is 8.13. The number of halogens is 1. The van der Waals surface area contributed by atoms with Gasteiger partial charge < -0.3 is 15.6 Å². The van der Waals surface area contributed by atoms with Crippen LogP contribution in [-0.2, 0) is 0 Å². The Kier molecular flexibility index (Phi) is 5.75. The molecule has 0 aromatic heterocycles. The van der Waals surface area contributed by atoms with Gasteiger partial charge in [0.2, 0.25) is 0 Å². The predicted molar refractivity (Wildman–Crippen MR) is 70.7 cm³/mol. The fourth-order valence-corrected chi connectivity index (χ4v) is 2.23. The quantitative estimate of drug-likeness (QED) is 0.824. The Morgan fingerprint density at radius 1 is 1.47 bits per heavy atom. The van der Waals surface area contributed by atoms with Crippen LogP contribution in [0.3, 0.4) is 0 Å². The first kappa shape index (κ1) is 14.3. The van der Waals surface area contributed by atoms with Gasteiger partial charge in [-0.15, -0.1) is 0 Å². The van der Waals surface area contributed by atoms with Crippen LogP contribution in [0, 0.1) is 0 Å².